The number of carbonyl (C=O) groups excluding carboxylic acids is 1. The number of primary amides is 1. The average Bonchev–Trinajstić information content (AvgIpc) is 2.25. The maximum absolute atomic E-state index is 12.6. The van der Waals surface area contributed by atoms with Gasteiger partial charge in [-0.15, -0.1) is 0 Å². The van der Waals surface area contributed by atoms with Gasteiger partial charge in [-0.3, -0.25) is 14.9 Å². The first-order valence-electron chi connectivity index (χ1n) is 4.40. The number of hydrogen-bond donors (Lipinski definition) is 1. The standard InChI is InChI=1S/C8H4F5N3O3/c9-6(10)5-4(8(11,12)13)3(16(18)19)1-2(15-5)7(14)17/h1,6H,(H2,14,17). The van der Waals surface area contributed by atoms with Crippen LogP contribution in [0.15, 0.2) is 6.07 Å². The van der Waals surface area contributed by atoms with Crippen molar-refractivity contribution in [1.82, 2.24) is 4.98 Å². The number of halogens is 5. The van der Waals surface area contributed by atoms with Crippen LogP contribution in [0.3, 0.4) is 0 Å². The Kier molecular flexibility index (Phi) is 3.68. The average molecular weight is 285 g/mol. The molecule has 0 aromatic carbocycles. The van der Waals surface area contributed by atoms with Crippen LogP contribution in [-0.2, 0) is 6.18 Å². The number of pyridine rings is 1. The summed E-state index contributed by atoms with van der Waals surface area (Å²) in [6.45, 7) is 0. The van der Waals surface area contributed by atoms with Crippen molar-refractivity contribution in [1.29, 1.82) is 0 Å². The monoisotopic (exact) mass is 285 g/mol. The van der Waals surface area contributed by atoms with Crippen LogP contribution in [0.2, 0.25) is 0 Å². The summed E-state index contributed by atoms with van der Waals surface area (Å²) in [5.74, 6) is -1.46. The van der Waals surface area contributed by atoms with Crippen molar-refractivity contribution >= 4 is 11.6 Å². The molecule has 104 valence electrons. The number of carbonyl (C=O) groups is 1. The summed E-state index contributed by atoms with van der Waals surface area (Å²) in [6.07, 6.45) is -9.17. The molecule has 0 saturated heterocycles. The molecule has 0 radical (unpaired) electrons. The maximum Gasteiger partial charge on any atom is 0.425 e. The second kappa shape index (κ2) is 4.74. The number of aromatic nitrogens is 1. The van der Waals surface area contributed by atoms with E-state index in [9.17, 15) is 36.9 Å². The van der Waals surface area contributed by atoms with E-state index in [1.165, 1.54) is 0 Å². The van der Waals surface area contributed by atoms with Gasteiger partial charge in [-0.05, 0) is 0 Å². The summed E-state index contributed by atoms with van der Waals surface area (Å²) < 4.78 is 62.7. The number of amides is 1. The molecule has 0 aliphatic carbocycles. The fourth-order valence-electron chi connectivity index (χ4n) is 1.27. The van der Waals surface area contributed by atoms with Crippen molar-refractivity contribution < 1.29 is 31.7 Å². The van der Waals surface area contributed by atoms with Gasteiger partial charge in [0.15, 0.2) is 5.56 Å². The maximum atomic E-state index is 12.6. The summed E-state index contributed by atoms with van der Waals surface area (Å²) in [4.78, 5) is 22.4. The van der Waals surface area contributed by atoms with Gasteiger partial charge in [0, 0.05) is 6.07 Å². The molecular formula is C8H4F5N3O3. The number of alkyl halides is 5. The van der Waals surface area contributed by atoms with Crippen molar-refractivity contribution in [2.75, 3.05) is 0 Å². The van der Waals surface area contributed by atoms with Gasteiger partial charge in [-0.1, -0.05) is 0 Å². The van der Waals surface area contributed by atoms with Gasteiger partial charge >= 0.3 is 6.18 Å². The van der Waals surface area contributed by atoms with E-state index in [1.54, 1.807) is 0 Å². The number of nitrogens with two attached hydrogens (primary N) is 1. The lowest BCUT2D eigenvalue weighted by Gasteiger charge is -2.12. The second-order valence-corrected chi connectivity index (χ2v) is 3.21. The van der Waals surface area contributed by atoms with Crippen molar-refractivity contribution in [3.8, 4) is 0 Å². The molecule has 6 nitrogen and oxygen atoms in total. The minimum absolute atomic E-state index is 0.108. The molecule has 1 rings (SSSR count). The molecule has 0 bridgehead atoms. The van der Waals surface area contributed by atoms with Gasteiger partial charge < -0.3 is 5.73 Å². The number of hydrogen-bond acceptors (Lipinski definition) is 4. The van der Waals surface area contributed by atoms with Crippen LogP contribution in [0.25, 0.3) is 0 Å². The molecule has 1 aromatic rings. The van der Waals surface area contributed by atoms with Crippen LogP contribution >= 0.6 is 0 Å². The van der Waals surface area contributed by atoms with Gasteiger partial charge in [0.1, 0.15) is 11.4 Å². The predicted octanol–water partition coefficient (Wildman–Crippen LogP) is 2.05. The first-order valence-corrected chi connectivity index (χ1v) is 4.40. The Morgan fingerprint density at radius 3 is 2.26 bits per heavy atom. The Morgan fingerprint density at radius 2 is 1.95 bits per heavy atom. The fraction of sp³-hybridized carbons (Fsp3) is 0.250. The Morgan fingerprint density at radius 1 is 1.42 bits per heavy atom. The van der Waals surface area contributed by atoms with E-state index < -0.39 is 46.1 Å². The summed E-state index contributed by atoms with van der Waals surface area (Å²) in [5.41, 5.74) is -2.19. The molecule has 0 spiro atoms. The third-order valence-electron chi connectivity index (χ3n) is 1.97. The van der Waals surface area contributed by atoms with E-state index >= 15 is 0 Å². The zero-order valence-electron chi connectivity index (χ0n) is 8.74. The smallest absolute Gasteiger partial charge is 0.364 e. The minimum atomic E-state index is -5.42. The molecule has 0 aliphatic rings. The van der Waals surface area contributed by atoms with Crippen molar-refractivity contribution in [2.24, 2.45) is 5.73 Å². The van der Waals surface area contributed by atoms with Gasteiger partial charge in [0.2, 0.25) is 0 Å². The van der Waals surface area contributed by atoms with E-state index in [-0.39, 0.29) is 6.07 Å². The van der Waals surface area contributed by atoms with E-state index in [4.69, 9.17) is 0 Å². The molecule has 2 N–H and O–H groups in total. The molecule has 0 aliphatic heterocycles. The van der Waals surface area contributed by atoms with Crippen molar-refractivity contribution in [3.05, 3.63) is 33.1 Å². The predicted molar refractivity (Wildman–Crippen MR) is 49.4 cm³/mol. The Balaban J connectivity index is 3.76. The SMILES string of the molecule is NC(=O)c1cc([N+](=O)[O-])c(C(F)(F)F)c(C(F)F)n1. The van der Waals surface area contributed by atoms with Crippen LogP contribution < -0.4 is 5.73 Å². The van der Waals surface area contributed by atoms with E-state index in [0.29, 0.717) is 0 Å². The highest BCUT2D eigenvalue weighted by atomic mass is 19.4. The Hall–Kier alpha value is -2.33. The van der Waals surface area contributed by atoms with Crippen LogP contribution in [0.1, 0.15) is 28.2 Å². The highest BCUT2D eigenvalue weighted by Crippen LogP contribution is 2.41. The van der Waals surface area contributed by atoms with Gasteiger partial charge in [-0.25, -0.2) is 13.8 Å². The van der Waals surface area contributed by atoms with E-state index in [2.05, 4.69) is 10.7 Å². The highest BCUT2D eigenvalue weighted by Gasteiger charge is 2.44. The number of rotatable bonds is 3. The lowest BCUT2D eigenvalue weighted by atomic mass is 10.1. The van der Waals surface area contributed by atoms with Crippen molar-refractivity contribution in [2.45, 2.75) is 12.6 Å². The summed E-state index contributed by atoms with van der Waals surface area (Å²) in [5, 5.41) is 10.5. The summed E-state index contributed by atoms with van der Waals surface area (Å²) >= 11 is 0. The molecule has 0 saturated carbocycles. The zero-order chi connectivity index (χ0) is 15.0. The van der Waals surface area contributed by atoms with E-state index in [1.807, 2.05) is 0 Å². The minimum Gasteiger partial charge on any atom is -0.364 e. The second-order valence-electron chi connectivity index (χ2n) is 3.21. The molecule has 0 fully saturated rings. The van der Waals surface area contributed by atoms with E-state index in [0.717, 1.165) is 0 Å². The zero-order valence-corrected chi connectivity index (χ0v) is 8.74. The number of nitrogens with zero attached hydrogens (tertiary/aromatic N) is 2. The summed E-state index contributed by atoms with van der Waals surface area (Å²) in [7, 11) is 0. The Bertz CT molecular complexity index is 543. The first-order chi connectivity index (χ1) is 8.55. The van der Waals surface area contributed by atoms with Crippen LogP contribution in [-0.4, -0.2) is 15.8 Å². The molecule has 0 unspecified atom stereocenters. The van der Waals surface area contributed by atoms with Gasteiger partial charge in [0.25, 0.3) is 18.0 Å². The largest absolute Gasteiger partial charge is 0.425 e. The molecule has 11 heteroatoms. The molecule has 1 aromatic heterocycles. The molecule has 19 heavy (non-hydrogen) atoms. The third-order valence-corrected chi connectivity index (χ3v) is 1.97. The van der Waals surface area contributed by atoms with Gasteiger partial charge in [-0.2, -0.15) is 13.2 Å². The van der Waals surface area contributed by atoms with Crippen LogP contribution in [0.5, 0.6) is 0 Å². The number of nitro groups is 1. The highest BCUT2D eigenvalue weighted by molar-refractivity contribution is 5.91. The molecule has 0 atom stereocenters. The first kappa shape index (κ1) is 14.7. The van der Waals surface area contributed by atoms with Crippen LogP contribution in [0, 0.1) is 10.1 Å². The lowest BCUT2D eigenvalue weighted by Crippen LogP contribution is -2.20. The van der Waals surface area contributed by atoms with Gasteiger partial charge in [0.05, 0.1) is 4.92 Å². The normalized spacial score (nSPS) is 11.7. The molecule has 1 amide bonds. The summed E-state index contributed by atoms with van der Waals surface area (Å²) in [6, 6.07) is 0.108. The van der Waals surface area contributed by atoms with Crippen molar-refractivity contribution in [3.63, 3.8) is 0 Å². The Labute approximate surface area is 101 Å². The molecule has 1 heterocycles. The quantitative estimate of drug-likeness (QED) is 0.521. The molecular weight excluding hydrogens is 281 g/mol. The van der Waals surface area contributed by atoms with Crippen LogP contribution in [0.4, 0.5) is 27.6 Å². The third kappa shape index (κ3) is 2.92. The lowest BCUT2D eigenvalue weighted by molar-refractivity contribution is -0.388. The topological polar surface area (TPSA) is 99.1 Å². The fourth-order valence-corrected chi connectivity index (χ4v) is 1.27.